The van der Waals surface area contributed by atoms with E-state index in [9.17, 15) is 0 Å². The second-order valence-electron chi connectivity index (χ2n) is 18.1. The van der Waals surface area contributed by atoms with Crippen molar-refractivity contribution >= 4 is 159 Å². The van der Waals surface area contributed by atoms with Gasteiger partial charge < -0.3 is 4.57 Å². The van der Waals surface area contributed by atoms with Gasteiger partial charge in [-0.05, 0) is 119 Å². The maximum Gasteiger partial charge on any atom is 0.0535 e. The first kappa shape index (κ1) is 42.7. The number of fused-ring (bicyclic) bond motifs is 14. The highest BCUT2D eigenvalue weighted by Crippen LogP contribution is 2.43. The third kappa shape index (κ3) is 7.52. The van der Waals surface area contributed by atoms with Crippen molar-refractivity contribution < 1.29 is 0 Å². The van der Waals surface area contributed by atoms with Gasteiger partial charge in [0.05, 0.1) is 5.52 Å². The molecular formula is C65H40BrNS4. The molecule has 0 aliphatic heterocycles. The average molecular weight is 1040 g/mol. The molecule has 1 nitrogen and oxygen atoms in total. The molecule has 0 bridgehead atoms. The Balaban J connectivity index is 0.000000110. The van der Waals surface area contributed by atoms with Crippen molar-refractivity contribution in [2.75, 3.05) is 0 Å². The highest BCUT2D eigenvalue weighted by molar-refractivity contribution is 9.10. The largest absolute Gasteiger partial charge is 0.317 e. The maximum atomic E-state index is 3.50. The average Bonchev–Trinajstić information content (AvgIpc) is 4.30. The summed E-state index contributed by atoms with van der Waals surface area (Å²) >= 11 is 11.0. The molecule has 15 aromatic rings. The maximum absolute atomic E-state index is 3.50. The van der Waals surface area contributed by atoms with Crippen molar-refractivity contribution in [2.24, 2.45) is 0 Å². The van der Waals surface area contributed by atoms with Gasteiger partial charge in [-0.3, -0.25) is 0 Å². The van der Waals surface area contributed by atoms with Crippen molar-refractivity contribution in [1.82, 2.24) is 4.57 Å². The van der Waals surface area contributed by atoms with E-state index >= 15 is 0 Å². The molecule has 0 saturated carbocycles. The van der Waals surface area contributed by atoms with Crippen molar-refractivity contribution in [3.8, 4) is 27.9 Å². The Labute approximate surface area is 434 Å². The first-order chi connectivity index (χ1) is 35.1. The van der Waals surface area contributed by atoms with E-state index in [4.69, 9.17) is 0 Å². The zero-order valence-corrected chi connectivity index (χ0v) is 43.0. The molecule has 0 amide bonds. The van der Waals surface area contributed by atoms with Crippen molar-refractivity contribution in [1.29, 1.82) is 0 Å². The van der Waals surface area contributed by atoms with Crippen LogP contribution in [0.5, 0.6) is 0 Å². The molecule has 0 fully saturated rings. The van der Waals surface area contributed by atoms with E-state index in [1.165, 1.54) is 131 Å². The third-order valence-corrected chi connectivity index (χ3v) is 19.1. The zero-order valence-electron chi connectivity index (χ0n) is 38.1. The number of benzene rings is 10. The van der Waals surface area contributed by atoms with Gasteiger partial charge in [0.2, 0.25) is 0 Å². The molecule has 0 saturated heterocycles. The number of halogens is 1. The molecule has 0 atom stereocenters. The van der Waals surface area contributed by atoms with Gasteiger partial charge in [-0.2, -0.15) is 0 Å². The van der Waals surface area contributed by atoms with Gasteiger partial charge in [-0.1, -0.05) is 162 Å². The van der Waals surface area contributed by atoms with Gasteiger partial charge in [-0.25, -0.2) is 0 Å². The van der Waals surface area contributed by atoms with Crippen LogP contribution in [0.3, 0.4) is 0 Å². The van der Waals surface area contributed by atoms with Crippen LogP contribution >= 0.6 is 61.3 Å². The van der Waals surface area contributed by atoms with Gasteiger partial charge in [0, 0.05) is 102 Å². The standard InChI is InChI=1S/C32H19NS2.C18H11BrS.C15H10S/c1-4-11-30-24(6-1)26-9-5-8-23(32(26)35-30)20-12-14-22(15-13-20)33-17-16-21-18-31-27(19-28(21)33)25-7-2-3-10-29(25)34-31;19-13-10-8-12(9-11-13)14-5-3-6-16-15-4-1-2-7-17(15)20-18(14)16;1-2-7-14-12(6-1)13-8-10-4-3-5-11(10)9-15(13)16-14/h1-19H;1-11H;1-4,6-9H,5H2. The van der Waals surface area contributed by atoms with Crippen molar-refractivity contribution in [2.45, 2.75) is 6.42 Å². The van der Waals surface area contributed by atoms with Crippen LogP contribution in [0.4, 0.5) is 0 Å². The molecule has 71 heavy (non-hydrogen) atoms. The topological polar surface area (TPSA) is 4.93 Å². The van der Waals surface area contributed by atoms with Crippen LogP contribution in [-0.4, -0.2) is 4.57 Å². The van der Waals surface area contributed by atoms with E-state index in [-0.39, 0.29) is 0 Å². The van der Waals surface area contributed by atoms with Gasteiger partial charge >= 0.3 is 0 Å². The second-order valence-corrected chi connectivity index (χ2v) is 23.2. The highest BCUT2D eigenvalue weighted by Gasteiger charge is 2.15. The quantitative estimate of drug-likeness (QED) is 0.166. The molecule has 0 spiro atoms. The van der Waals surface area contributed by atoms with E-state index in [0.717, 1.165) is 10.9 Å². The van der Waals surface area contributed by atoms with E-state index in [0.29, 0.717) is 0 Å². The molecule has 6 heteroatoms. The van der Waals surface area contributed by atoms with E-state index in [1.807, 2.05) is 45.3 Å². The summed E-state index contributed by atoms with van der Waals surface area (Å²) in [5, 5.41) is 12.2. The zero-order chi connectivity index (χ0) is 47.0. The predicted octanol–water partition coefficient (Wildman–Crippen LogP) is 21.1. The third-order valence-electron chi connectivity index (χ3n) is 13.9. The molecule has 0 N–H and O–H groups in total. The Bertz CT molecular complexity index is 4560. The minimum Gasteiger partial charge on any atom is -0.317 e. The SMILES string of the molecule is Brc1ccc(-c2cccc3c2sc2ccccc23)cc1.C1=Cc2cc3c(cc2C1)sc1ccccc13.c1ccc2c(c1)sc1cc3ccn(-c4ccc(-c5cccc6c5sc5ccccc56)cc4)c3cc12. The first-order valence-corrected chi connectivity index (χ1v) is 27.8. The number of hydrogen-bond donors (Lipinski definition) is 0. The number of aromatic nitrogens is 1. The summed E-state index contributed by atoms with van der Waals surface area (Å²) in [7, 11) is 0. The monoisotopic (exact) mass is 1040 g/mol. The summed E-state index contributed by atoms with van der Waals surface area (Å²) in [6, 6.07) is 77.1. The number of thiophene rings is 4. The van der Waals surface area contributed by atoms with Crippen molar-refractivity contribution in [3.05, 3.63) is 240 Å². The summed E-state index contributed by atoms with van der Waals surface area (Å²) in [6.07, 6.45) is 7.77. The van der Waals surface area contributed by atoms with Gasteiger partial charge in [0.15, 0.2) is 0 Å². The fraction of sp³-hybridized carbons (Fsp3) is 0.0154. The number of rotatable bonds is 3. The molecule has 5 aromatic heterocycles. The van der Waals surface area contributed by atoms with Crippen LogP contribution in [0, 0.1) is 0 Å². The van der Waals surface area contributed by atoms with Crippen LogP contribution in [0.25, 0.3) is 126 Å². The fourth-order valence-corrected chi connectivity index (χ4v) is 15.5. The summed E-state index contributed by atoms with van der Waals surface area (Å²) in [4.78, 5) is 0. The van der Waals surface area contributed by atoms with Crippen LogP contribution in [0.2, 0.25) is 0 Å². The second kappa shape index (κ2) is 17.6. The van der Waals surface area contributed by atoms with Crippen molar-refractivity contribution in [3.63, 3.8) is 0 Å². The Morgan fingerprint density at radius 1 is 0.380 bits per heavy atom. The van der Waals surface area contributed by atoms with Crippen LogP contribution in [0.15, 0.2) is 229 Å². The summed E-state index contributed by atoms with van der Waals surface area (Å²) in [5.41, 5.74) is 10.5. The minimum atomic E-state index is 1.10. The molecule has 1 aliphatic carbocycles. The van der Waals surface area contributed by atoms with E-state index in [2.05, 4.69) is 251 Å². The molecule has 0 radical (unpaired) electrons. The lowest BCUT2D eigenvalue weighted by molar-refractivity contribution is 1.13. The van der Waals surface area contributed by atoms with Gasteiger partial charge in [0.1, 0.15) is 0 Å². The molecule has 1 aliphatic rings. The summed E-state index contributed by atoms with van der Waals surface area (Å²) < 4.78 is 14.4. The Hall–Kier alpha value is -7.16. The normalized spacial score (nSPS) is 12.2. The number of allylic oxidation sites excluding steroid dienone is 1. The van der Waals surface area contributed by atoms with Crippen LogP contribution in [-0.2, 0) is 6.42 Å². The molecular weight excluding hydrogens is 1000 g/mol. The van der Waals surface area contributed by atoms with Crippen LogP contribution in [0.1, 0.15) is 11.1 Å². The van der Waals surface area contributed by atoms with E-state index < -0.39 is 0 Å². The minimum absolute atomic E-state index is 1.10. The number of nitrogens with zero attached hydrogens (tertiary/aromatic N) is 1. The Morgan fingerprint density at radius 3 is 1.44 bits per heavy atom. The fourth-order valence-electron chi connectivity index (χ4n) is 10.4. The highest BCUT2D eigenvalue weighted by atomic mass is 79.9. The van der Waals surface area contributed by atoms with Gasteiger partial charge in [0.25, 0.3) is 0 Å². The molecule has 336 valence electrons. The lowest BCUT2D eigenvalue weighted by Gasteiger charge is -2.09. The van der Waals surface area contributed by atoms with Crippen LogP contribution < -0.4 is 0 Å². The molecule has 5 heterocycles. The smallest absolute Gasteiger partial charge is 0.0535 e. The van der Waals surface area contributed by atoms with Gasteiger partial charge in [-0.15, -0.1) is 45.3 Å². The molecule has 16 rings (SSSR count). The Morgan fingerprint density at radius 2 is 0.859 bits per heavy atom. The predicted molar refractivity (Wildman–Crippen MR) is 319 cm³/mol. The first-order valence-electron chi connectivity index (χ1n) is 23.8. The number of hydrogen-bond acceptors (Lipinski definition) is 4. The Kier molecular flexibility index (Phi) is 10.6. The lowest BCUT2D eigenvalue weighted by atomic mass is 10.0. The summed E-state index contributed by atoms with van der Waals surface area (Å²) in [5.74, 6) is 0. The van der Waals surface area contributed by atoms with E-state index in [1.54, 1.807) is 0 Å². The lowest BCUT2D eigenvalue weighted by Crippen LogP contribution is -1.91. The molecule has 0 unspecified atom stereocenters. The summed E-state index contributed by atoms with van der Waals surface area (Å²) in [6.45, 7) is 0. The molecule has 10 aromatic carbocycles.